The van der Waals surface area contributed by atoms with E-state index in [1.807, 2.05) is 24.3 Å². The molecule has 2 aromatic rings. The van der Waals surface area contributed by atoms with Crippen molar-refractivity contribution in [2.75, 3.05) is 0 Å². The van der Waals surface area contributed by atoms with Gasteiger partial charge in [0.15, 0.2) is 0 Å². The van der Waals surface area contributed by atoms with Crippen LogP contribution >= 0.6 is 11.6 Å². The molecule has 2 rings (SSSR count). The molecule has 0 fully saturated rings. The van der Waals surface area contributed by atoms with Crippen molar-refractivity contribution in [3.63, 3.8) is 0 Å². The Labute approximate surface area is 103 Å². The fraction of sp³-hybridized carbons (Fsp3) is 0.167. The first-order chi connectivity index (χ1) is 8.13. The molecule has 0 aliphatic heterocycles. The zero-order valence-corrected chi connectivity index (χ0v) is 9.98. The summed E-state index contributed by atoms with van der Waals surface area (Å²) in [6, 6.07) is 7.66. The van der Waals surface area contributed by atoms with Gasteiger partial charge >= 0.3 is 5.97 Å². The van der Waals surface area contributed by atoms with Gasteiger partial charge in [0.25, 0.3) is 0 Å². The first kappa shape index (κ1) is 11.7. The molecule has 0 aliphatic carbocycles. The van der Waals surface area contributed by atoms with Gasteiger partial charge in [-0.15, -0.1) is 0 Å². The normalized spacial score (nSPS) is 10.5. The molecule has 0 unspecified atom stereocenters. The van der Waals surface area contributed by atoms with Gasteiger partial charge in [-0.3, -0.25) is 0 Å². The summed E-state index contributed by atoms with van der Waals surface area (Å²) >= 11 is 5.95. The first-order valence-corrected chi connectivity index (χ1v) is 5.57. The van der Waals surface area contributed by atoms with Crippen molar-refractivity contribution in [2.24, 2.45) is 0 Å². The zero-order valence-electron chi connectivity index (χ0n) is 9.22. The summed E-state index contributed by atoms with van der Waals surface area (Å²) in [6.45, 7) is 2.07. The molecule has 0 bridgehead atoms. The lowest BCUT2D eigenvalue weighted by atomic mass is 10.1. The van der Waals surface area contributed by atoms with Gasteiger partial charge in [-0.1, -0.05) is 30.7 Å². The number of benzene rings is 1. The number of rotatable bonds is 3. The maximum atomic E-state index is 10.8. The second kappa shape index (κ2) is 4.59. The third-order valence-electron chi connectivity index (χ3n) is 2.53. The fourth-order valence-electron chi connectivity index (χ4n) is 1.53. The van der Waals surface area contributed by atoms with Crippen LogP contribution in [0.1, 0.15) is 22.8 Å². The Bertz CT molecular complexity index is 546. The van der Waals surface area contributed by atoms with Crippen LogP contribution in [0.5, 0.6) is 0 Å². The second-order valence-corrected chi connectivity index (χ2v) is 3.94. The Kier molecular flexibility index (Phi) is 3.15. The molecule has 4 nitrogen and oxygen atoms in total. The summed E-state index contributed by atoms with van der Waals surface area (Å²) in [4.78, 5) is 10.8. The highest BCUT2D eigenvalue weighted by molar-refractivity contribution is 6.32. The zero-order chi connectivity index (χ0) is 12.4. The summed E-state index contributed by atoms with van der Waals surface area (Å²) < 4.78 is 1.41. The second-order valence-electron chi connectivity index (χ2n) is 3.59. The molecule has 17 heavy (non-hydrogen) atoms. The van der Waals surface area contributed by atoms with Gasteiger partial charge in [0.2, 0.25) is 0 Å². The minimum absolute atomic E-state index is 0.00577. The highest BCUT2D eigenvalue weighted by Gasteiger charge is 2.15. The lowest BCUT2D eigenvalue weighted by Crippen LogP contribution is -1.99. The van der Waals surface area contributed by atoms with E-state index in [0.29, 0.717) is 0 Å². The Balaban J connectivity index is 2.42. The standard InChI is InChI=1S/C12H11ClN2O2/c1-2-8-3-5-9(6-4-8)15-11(13)10(7-14-15)12(16)17/h3-7H,2H2,1H3,(H,16,17). The van der Waals surface area contributed by atoms with Gasteiger partial charge in [-0.2, -0.15) is 5.10 Å². The molecule has 0 amide bonds. The van der Waals surface area contributed by atoms with Crippen LogP contribution in [0.4, 0.5) is 0 Å². The highest BCUT2D eigenvalue weighted by Crippen LogP contribution is 2.20. The number of nitrogens with zero attached hydrogens (tertiary/aromatic N) is 2. The Morgan fingerprint density at radius 2 is 2.06 bits per heavy atom. The number of hydrogen-bond donors (Lipinski definition) is 1. The first-order valence-electron chi connectivity index (χ1n) is 5.19. The molecular formula is C12H11ClN2O2. The fourth-order valence-corrected chi connectivity index (χ4v) is 1.80. The predicted molar refractivity (Wildman–Crippen MR) is 64.9 cm³/mol. The van der Waals surface area contributed by atoms with E-state index in [0.717, 1.165) is 12.1 Å². The van der Waals surface area contributed by atoms with Gasteiger partial charge in [0.05, 0.1) is 11.9 Å². The number of carboxylic acid groups (broad SMARTS) is 1. The summed E-state index contributed by atoms with van der Waals surface area (Å²) in [7, 11) is 0. The summed E-state index contributed by atoms with van der Waals surface area (Å²) in [5, 5.41) is 12.9. The van der Waals surface area contributed by atoms with E-state index in [-0.39, 0.29) is 10.7 Å². The van der Waals surface area contributed by atoms with Crippen LogP contribution in [0, 0.1) is 0 Å². The molecule has 0 spiro atoms. The third kappa shape index (κ3) is 2.17. The lowest BCUT2D eigenvalue weighted by Gasteiger charge is -2.04. The molecule has 88 valence electrons. The molecule has 0 atom stereocenters. The van der Waals surface area contributed by atoms with Gasteiger partial charge in [-0.25, -0.2) is 9.48 Å². The van der Waals surface area contributed by atoms with Crippen molar-refractivity contribution in [2.45, 2.75) is 13.3 Å². The number of aromatic carboxylic acids is 1. The summed E-state index contributed by atoms with van der Waals surface area (Å²) in [6.07, 6.45) is 2.20. The Hall–Kier alpha value is -1.81. The minimum atomic E-state index is -1.08. The van der Waals surface area contributed by atoms with Gasteiger partial charge in [0, 0.05) is 0 Å². The monoisotopic (exact) mass is 250 g/mol. The third-order valence-corrected chi connectivity index (χ3v) is 2.89. The average molecular weight is 251 g/mol. The van der Waals surface area contributed by atoms with E-state index in [9.17, 15) is 4.79 Å². The van der Waals surface area contributed by atoms with Crippen LogP contribution in [-0.4, -0.2) is 20.9 Å². The number of carbonyl (C=O) groups is 1. The van der Waals surface area contributed by atoms with Crippen LogP contribution in [0.25, 0.3) is 5.69 Å². The van der Waals surface area contributed by atoms with Crippen LogP contribution in [-0.2, 0) is 6.42 Å². The van der Waals surface area contributed by atoms with E-state index < -0.39 is 5.97 Å². The summed E-state index contributed by atoms with van der Waals surface area (Å²) in [5.74, 6) is -1.08. The highest BCUT2D eigenvalue weighted by atomic mass is 35.5. The molecule has 5 heteroatoms. The van der Waals surface area contributed by atoms with Crippen molar-refractivity contribution in [1.29, 1.82) is 0 Å². The van der Waals surface area contributed by atoms with E-state index in [4.69, 9.17) is 16.7 Å². The quantitative estimate of drug-likeness (QED) is 0.911. The molecule has 1 aromatic heterocycles. The molecule has 1 aromatic carbocycles. The van der Waals surface area contributed by atoms with Crippen molar-refractivity contribution < 1.29 is 9.90 Å². The number of aromatic nitrogens is 2. The van der Waals surface area contributed by atoms with Crippen LogP contribution < -0.4 is 0 Å². The molecule has 0 aliphatic rings. The number of aryl methyl sites for hydroxylation is 1. The van der Waals surface area contributed by atoms with E-state index in [2.05, 4.69) is 12.0 Å². The van der Waals surface area contributed by atoms with Crippen molar-refractivity contribution in [1.82, 2.24) is 9.78 Å². The summed E-state index contributed by atoms with van der Waals surface area (Å²) in [5.41, 5.74) is 1.96. The maximum absolute atomic E-state index is 10.8. The van der Waals surface area contributed by atoms with E-state index in [1.54, 1.807) is 0 Å². The molecular weight excluding hydrogens is 240 g/mol. The van der Waals surface area contributed by atoms with E-state index in [1.165, 1.54) is 16.4 Å². The number of hydrogen-bond acceptors (Lipinski definition) is 2. The van der Waals surface area contributed by atoms with Crippen molar-refractivity contribution in [3.05, 3.63) is 46.7 Å². The molecule has 0 saturated heterocycles. The lowest BCUT2D eigenvalue weighted by molar-refractivity contribution is 0.0697. The van der Waals surface area contributed by atoms with Crippen LogP contribution in [0.2, 0.25) is 5.15 Å². The Morgan fingerprint density at radius 1 is 1.41 bits per heavy atom. The number of halogens is 1. The van der Waals surface area contributed by atoms with Gasteiger partial charge in [0.1, 0.15) is 10.7 Å². The van der Waals surface area contributed by atoms with Crippen LogP contribution in [0.15, 0.2) is 30.5 Å². The Morgan fingerprint density at radius 3 is 2.53 bits per heavy atom. The topological polar surface area (TPSA) is 55.1 Å². The number of carboxylic acids is 1. The SMILES string of the molecule is CCc1ccc(-n2ncc(C(=O)O)c2Cl)cc1. The molecule has 1 N–H and O–H groups in total. The predicted octanol–water partition coefficient (Wildman–Crippen LogP) is 2.79. The van der Waals surface area contributed by atoms with Crippen molar-refractivity contribution in [3.8, 4) is 5.69 Å². The smallest absolute Gasteiger partial charge is 0.340 e. The average Bonchev–Trinajstić information content (AvgIpc) is 2.71. The van der Waals surface area contributed by atoms with Crippen molar-refractivity contribution >= 4 is 17.6 Å². The maximum Gasteiger partial charge on any atom is 0.340 e. The molecule has 0 radical (unpaired) electrons. The minimum Gasteiger partial charge on any atom is -0.478 e. The van der Waals surface area contributed by atoms with Gasteiger partial charge < -0.3 is 5.11 Å². The molecule has 1 heterocycles. The van der Waals surface area contributed by atoms with E-state index >= 15 is 0 Å². The van der Waals surface area contributed by atoms with Crippen LogP contribution in [0.3, 0.4) is 0 Å². The van der Waals surface area contributed by atoms with Gasteiger partial charge in [-0.05, 0) is 24.1 Å². The largest absolute Gasteiger partial charge is 0.478 e. The molecule has 0 saturated carbocycles.